The molecule has 0 aliphatic heterocycles. The highest BCUT2D eigenvalue weighted by Crippen LogP contribution is 2.26. The van der Waals surface area contributed by atoms with Crippen molar-refractivity contribution in [2.45, 2.75) is 16.7 Å². The van der Waals surface area contributed by atoms with E-state index >= 15 is 0 Å². The summed E-state index contributed by atoms with van der Waals surface area (Å²) >= 11 is 0. The van der Waals surface area contributed by atoms with Crippen molar-refractivity contribution in [1.82, 2.24) is 9.38 Å². The van der Waals surface area contributed by atoms with Crippen molar-refractivity contribution in [3.8, 4) is 5.88 Å². The third-order valence-electron chi connectivity index (χ3n) is 2.45. The topological polar surface area (TPSA) is 146 Å². The van der Waals surface area contributed by atoms with Crippen molar-refractivity contribution < 1.29 is 31.0 Å². The second-order valence-electron chi connectivity index (χ2n) is 3.70. The zero-order chi connectivity index (χ0) is 14.6. The van der Waals surface area contributed by atoms with Gasteiger partial charge in [0.05, 0.1) is 5.69 Å². The Hall–Kier alpha value is -1.69. The minimum Gasteiger partial charge on any atom is -0.492 e. The van der Waals surface area contributed by atoms with Crippen LogP contribution in [0.15, 0.2) is 22.1 Å². The molecular formula is C8H8N2O7S2. The van der Waals surface area contributed by atoms with Crippen molar-refractivity contribution in [1.29, 1.82) is 0 Å². The molecule has 0 radical (unpaired) electrons. The van der Waals surface area contributed by atoms with Gasteiger partial charge in [-0.25, -0.2) is 0 Å². The number of hydrogen-bond donors (Lipinski definition) is 3. The van der Waals surface area contributed by atoms with Crippen LogP contribution in [0.1, 0.15) is 5.69 Å². The van der Waals surface area contributed by atoms with Gasteiger partial charge in [-0.3, -0.25) is 13.5 Å². The molecule has 0 saturated heterocycles. The van der Waals surface area contributed by atoms with E-state index in [0.717, 1.165) is 10.6 Å². The summed E-state index contributed by atoms with van der Waals surface area (Å²) in [5.41, 5.74) is -0.310. The smallest absolute Gasteiger partial charge is 0.298 e. The first-order valence-corrected chi connectivity index (χ1v) is 7.56. The van der Waals surface area contributed by atoms with Crippen LogP contribution in [0.25, 0.3) is 5.65 Å². The SMILES string of the molecule is Cc1c(O)nc2c(S(=O)(=O)O)cc(S(=O)(=O)O)cn12. The molecule has 0 fully saturated rings. The number of imidazole rings is 1. The zero-order valence-corrected chi connectivity index (χ0v) is 11.0. The summed E-state index contributed by atoms with van der Waals surface area (Å²) in [5.74, 6) is -0.530. The number of fused-ring (bicyclic) bond motifs is 1. The van der Waals surface area contributed by atoms with Gasteiger partial charge >= 0.3 is 0 Å². The summed E-state index contributed by atoms with van der Waals surface area (Å²) in [6.45, 7) is 1.34. The van der Waals surface area contributed by atoms with Gasteiger partial charge in [0, 0.05) is 6.20 Å². The molecule has 0 aromatic carbocycles. The molecule has 9 nitrogen and oxygen atoms in total. The molecule has 2 heterocycles. The lowest BCUT2D eigenvalue weighted by Gasteiger charge is -2.04. The maximum atomic E-state index is 11.2. The van der Waals surface area contributed by atoms with Crippen molar-refractivity contribution in [3.05, 3.63) is 18.0 Å². The number of aromatic nitrogens is 2. The van der Waals surface area contributed by atoms with Crippen LogP contribution >= 0.6 is 0 Å². The van der Waals surface area contributed by atoms with Crippen LogP contribution in [0.2, 0.25) is 0 Å². The van der Waals surface area contributed by atoms with Crippen molar-refractivity contribution >= 4 is 25.9 Å². The van der Waals surface area contributed by atoms with Crippen LogP contribution in [0.5, 0.6) is 5.88 Å². The average Bonchev–Trinajstić information content (AvgIpc) is 2.51. The fraction of sp³-hybridized carbons (Fsp3) is 0.125. The lowest BCUT2D eigenvalue weighted by Crippen LogP contribution is -2.07. The molecule has 19 heavy (non-hydrogen) atoms. The Morgan fingerprint density at radius 1 is 1.16 bits per heavy atom. The minimum absolute atomic E-state index is 0.0467. The summed E-state index contributed by atoms with van der Waals surface area (Å²) < 4.78 is 63.4. The zero-order valence-electron chi connectivity index (χ0n) is 9.34. The van der Waals surface area contributed by atoms with E-state index in [2.05, 4.69) is 4.98 Å². The summed E-state index contributed by atoms with van der Waals surface area (Å²) in [5, 5.41) is 9.41. The van der Waals surface area contributed by atoms with Gasteiger partial charge in [0.15, 0.2) is 5.65 Å². The third-order valence-corrected chi connectivity index (χ3v) is 4.13. The first-order chi connectivity index (χ1) is 8.51. The Bertz CT molecular complexity index is 879. The summed E-state index contributed by atoms with van der Waals surface area (Å²) in [7, 11) is -9.48. The third kappa shape index (κ3) is 2.28. The lowest BCUT2D eigenvalue weighted by molar-refractivity contribution is 0.452. The number of nitrogens with zero attached hydrogens (tertiary/aromatic N) is 2. The molecule has 0 unspecified atom stereocenters. The maximum Gasteiger partial charge on any atom is 0.298 e. The van der Waals surface area contributed by atoms with Gasteiger partial charge in [-0.1, -0.05) is 0 Å². The Balaban J connectivity index is 3.06. The van der Waals surface area contributed by atoms with Crippen LogP contribution in [-0.2, 0) is 20.2 Å². The number of pyridine rings is 1. The number of rotatable bonds is 2. The quantitative estimate of drug-likeness (QED) is 0.648. The molecule has 104 valence electrons. The predicted octanol–water partition coefficient (Wildman–Crippen LogP) is -0.158. The number of aromatic hydroxyl groups is 1. The first kappa shape index (κ1) is 13.7. The monoisotopic (exact) mass is 308 g/mol. The molecule has 2 aromatic heterocycles. The summed E-state index contributed by atoms with van der Waals surface area (Å²) in [6, 6.07) is 0.547. The van der Waals surface area contributed by atoms with E-state index in [-0.39, 0.29) is 11.3 Å². The molecule has 0 atom stereocenters. The van der Waals surface area contributed by atoms with Crippen LogP contribution in [-0.4, -0.2) is 40.4 Å². The van der Waals surface area contributed by atoms with Gasteiger partial charge in [0.25, 0.3) is 20.2 Å². The molecule has 0 amide bonds. The molecule has 3 N–H and O–H groups in total. The normalized spacial score (nSPS) is 13.0. The van der Waals surface area contributed by atoms with Crippen molar-refractivity contribution in [2.75, 3.05) is 0 Å². The first-order valence-electron chi connectivity index (χ1n) is 4.68. The number of aryl methyl sites for hydroxylation is 1. The lowest BCUT2D eigenvalue weighted by atomic mass is 10.4. The minimum atomic E-state index is -4.79. The van der Waals surface area contributed by atoms with Gasteiger partial charge in [-0.05, 0) is 13.0 Å². The van der Waals surface area contributed by atoms with Crippen LogP contribution in [0.4, 0.5) is 0 Å². The fourth-order valence-electron chi connectivity index (χ4n) is 1.52. The Labute approximate surface area is 107 Å². The van der Waals surface area contributed by atoms with Gasteiger partial charge < -0.3 is 5.11 Å². The largest absolute Gasteiger partial charge is 0.492 e. The Morgan fingerprint density at radius 3 is 2.21 bits per heavy atom. The van der Waals surface area contributed by atoms with E-state index in [1.54, 1.807) is 0 Å². The van der Waals surface area contributed by atoms with Crippen molar-refractivity contribution in [2.24, 2.45) is 0 Å². The Kier molecular flexibility index (Phi) is 2.82. The molecule has 2 rings (SSSR count). The maximum absolute atomic E-state index is 11.2. The molecule has 11 heteroatoms. The number of hydrogen-bond acceptors (Lipinski definition) is 6. The fourth-order valence-corrected chi connectivity index (χ4v) is 2.75. The molecule has 0 aliphatic rings. The van der Waals surface area contributed by atoms with E-state index in [9.17, 15) is 21.9 Å². The van der Waals surface area contributed by atoms with Gasteiger partial charge in [0.2, 0.25) is 5.88 Å². The predicted molar refractivity (Wildman–Crippen MR) is 61.2 cm³/mol. The van der Waals surface area contributed by atoms with E-state index in [0.29, 0.717) is 6.07 Å². The summed E-state index contributed by atoms with van der Waals surface area (Å²) in [4.78, 5) is 1.91. The van der Waals surface area contributed by atoms with Crippen LogP contribution < -0.4 is 0 Å². The van der Waals surface area contributed by atoms with Crippen LogP contribution in [0.3, 0.4) is 0 Å². The average molecular weight is 308 g/mol. The second-order valence-corrected chi connectivity index (χ2v) is 6.52. The molecule has 0 aliphatic carbocycles. The Morgan fingerprint density at radius 2 is 1.74 bits per heavy atom. The highest BCUT2D eigenvalue weighted by atomic mass is 32.2. The molecular weight excluding hydrogens is 300 g/mol. The van der Waals surface area contributed by atoms with Crippen LogP contribution in [0, 0.1) is 6.92 Å². The summed E-state index contributed by atoms with van der Waals surface area (Å²) in [6.07, 6.45) is 0.876. The molecule has 2 aromatic rings. The highest BCUT2D eigenvalue weighted by Gasteiger charge is 2.23. The van der Waals surface area contributed by atoms with Gasteiger partial charge in [-0.15, -0.1) is 0 Å². The standard InChI is InChI=1S/C8H8N2O7S2/c1-4-8(11)9-7-6(19(15,16)17)2-5(3-10(4)7)18(12,13)14/h2-3,11H,1H3,(H,12,13,14)(H,15,16,17). The highest BCUT2D eigenvalue weighted by molar-refractivity contribution is 7.86. The van der Waals surface area contributed by atoms with E-state index in [4.69, 9.17) is 9.11 Å². The van der Waals surface area contributed by atoms with Crippen molar-refractivity contribution in [3.63, 3.8) is 0 Å². The molecule has 0 bridgehead atoms. The van der Waals surface area contributed by atoms with Gasteiger partial charge in [0.1, 0.15) is 9.79 Å². The molecule has 0 spiro atoms. The second kappa shape index (κ2) is 3.90. The van der Waals surface area contributed by atoms with E-state index in [1.165, 1.54) is 6.92 Å². The van der Waals surface area contributed by atoms with E-state index < -0.39 is 35.9 Å². The van der Waals surface area contributed by atoms with E-state index in [1.807, 2.05) is 0 Å². The van der Waals surface area contributed by atoms with Gasteiger partial charge in [-0.2, -0.15) is 21.8 Å². The molecule has 0 saturated carbocycles.